The molecule has 0 aliphatic rings. The monoisotopic (exact) mass is 381 g/mol. The van der Waals surface area contributed by atoms with E-state index in [0.717, 1.165) is 23.2 Å². The number of nitrogens with one attached hydrogen (secondary N) is 1. The Morgan fingerprint density at radius 2 is 1.79 bits per heavy atom. The van der Waals surface area contributed by atoms with Gasteiger partial charge in [0.25, 0.3) is 5.56 Å². The molecule has 148 valence electrons. The number of carbonyl (C=O) groups is 1. The number of para-hydroxylation sites is 1. The fourth-order valence-corrected chi connectivity index (χ4v) is 3.28. The Balaban J connectivity index is 2.01. The lowest BCUT2D eigenvalue weighted by molar-refractivity contribution is -0.124. The number of carbonyl (C=O) groups excluding carboxylic acids is 1. The molecule has 1 atom stereocenters. The predicted molar refractivity (Wildman–Crippen MR) is 110 cm³/mol. The zero-order valence-corrected chi connectivity index (χ0v) is 17.1. The van der Waals surface area contributed by atoms with Crippen molar-refractivity contribution in [1.82, 2.24) is 24.9 Å². The standard InChI is InChI=1S/C21H27N5O2/c1-13(2)11-12-22-20(27)16(5)26-21(28)19-18(14(3)23-26)15(4)25(24-19)17-9-7-6-8-10-17/h6-10,13,16H,11-12H2,1-5H3,(H,22,27). The molecule has 2 aromatic heterocycles. The number of amides is 1. The van der Waals surface area contributed by atoms with Crippen LogP contribution in [0.15, 0.2) is 35.1 Å². The summed E-state index contributed by atoms with van der Waals surface area (Å²) in [4.78, 5) is 25.5. The van der Waals surface area contributed by atoms with Gasteiger partial charge in [0.05, 0.1) is 22.5 Å². The first-order valence-corrected chi connectivity index (χ1v) is 9.63. The number of hydrogen-bond donors (Lipinski definition) is 1. The van der Waals surface area contributed by atoms with E-state index in [-0.39, 0.29) is 11.5 Å². The lowest BCUT2D eigenvalue weighted by atomic mass is 10.1. The lowest BCUT2D eigenvalue weighted by Gasteiger charge is -2.15. The van der Waals surface area contributed by atoms with Gasteiger partial charge in [-0.05, 0) is 45.2 Å². The molecule has 0 aliphatic heterocycles. The van der Waals surface area contributed by atoms with Crippen molar-refractivity contribution in [3.05, 3.63) is 52.1 Å². The zero-order valence-electron chi connectivity index (χ0n) is 17.1. The Kier molecular flexibility index (Phi) is 5.63. The maximum Gasteiger partial charge on any atom is 0.295 e. The molecule has 1 amide bonds. The molecule has 28 heavy (non-hydrogen) atoms. The van der Waals surface area contributed by atoms with Gasteiger partial charge < -0.3 is 5.32 Å². The topological polar surface area (TPSA) is 81.8 Å². The van der Waals surface area contributed by atoms with Crippen molar-refractivity contribution in [2.45, 2.75) is 47.1 Å². The zero-order chi connectivity index (χ0) is 20.4. The Morgan fingerprint density at radius 3 is 2.43 bits per heavy atom. The first kappa shape index (κ1) is 19.8. The highest BCUT2D eigenvalue weighted by atomic mass is 16.2. The van der Waals surface area contributed by atoms with E-state index in [4.69, 9.17) is 0 Å². The van der Waals surface area contributed by atoms with Gasteiger partial charge in [-0.3, -0.25) is 9.59 Å². The predicted octanol–water partition coefficient (Wildman–Crippen LogP) is 2.92. The fraction of sp³-hybridized carbons (Fsp3) is 0.429. The molecule has 0 aliphatic carbocycles. The summed E-state index contributed by atoms with van der Waals surface area (Å²) in [6, 6.07) is 8.95. The Bertz CT molecular complexity index is 1050. The first-order chi connectivity index (χ1) is 13.3. The van der Waals surface area contributed by atoms with Crippen LogP contribution in [0.5, 0.6) is 0 Å². The van der Waals surface area contributed by atoms with Crippen LogP contribution in [0.3, 0.4) is 0 Å². The second kappa shape index (κ2) is 7.96. The average molecular weight is 381 g/mol. The fourth-order valence-electron chi connectivity index (χ4n) is 3.28. The largest absolute Gasteiger partial charge is 0.354 e. The number of aromatic nitrogens is 4. The molecule has 1 N–H and O–H groups in total. The molecular formula is C21H27N5O2. The number of benzene rings is 1. The van der Waals surface area contributed by atoms with Crippen LogP contribution in [0, 0.1) is 19.8 Å². The third-order valence-electron chi connectivity index (χ3n) is 4.91. The Morgan fingerprint density at radius 1 is 1.11 bits per heavy atom. The van der Waals surface area contributed by atoms with E-state index in [2.05, 4.69) is 29.4 Å². The van der Waals surface area contributed by atoms with E-state index in [1.54, 1.807) is 11.6 Å². The summed E-state index contributed by atoms with van der Waals surface area (Å²) in [5.74, 6) is 0.285. The summed E-state index contributed by atoms with van der Waals surface area (Å²) < 4.78 is 2.99. The van der Waals surface area contributed by atoms with Gasteiger partial charge >= 0.3 is 0 Å². The van der Waals surface area contributed by atoms with Crippen LogP contribution in [0.4, 0.5) is 0 Å². The molecule has 0 saturated carbocycles. The van der Waals surface area contributed by atoms with Crippen LogP contribution in [0.2, 0.25) is 0 Å². The van der Waals surface area contributed by atoms with Crippen LogP contribution >= 0.6 is 0 Å². The van der Waals surface area contributed by atoms with Gasteiger partial charge in [0.2, 0.25) is 5.91 Å². The van der Waals surface area contributed by atoms with Crippen LogP contribution in [-0.4, -0.2) is 32.0 Å². The highest BCUT2D eigenvalue weighted by molar-refractivity contribution is 5.84. The van der Waals surface area contributed by atoms with E-state index in [1.165, 1.54) is 4.68 Å². The van der Waals surface area contributed by atoms with Crippen LogP contribution in [0.1, 0.15) is 44.6 Å². The number of rotatable bonds is 6. The van der Waals surface area contributed by atoms with Gasteiger partial charge in [-0.15, -0.1) is 0 Å². The molecule has 7 nitrogen and oxygen atoms in total. The maximum atomic E-state index is 13.1. The van der Waals surface area contributed by atoms with Crippen LogP contribution in [0.25, 0.3) is 16.6 Å². The third kappa shape index (κ3) is 3.69. The molecule has 3 aromatic rings. The molecule has 3 rings (SSSR count). The minimum absolute atomic E-state index is 0.215. The smallest absolute Gasteiger partial charge is 0.295 e. The Labute approximate surface area is 164 Å². The molecule has 1 unspecified atom stereocenters. The van der Waals surface area contributed by atoms with E-state index >= 15 is 0 Å². The second-order valence-corrected chi connectivity index (χ2v) is 7.54. The SMILES string of the molecule is Cc1nn(C(C)C(=O)NCCC(C)C)c(=O)c2nn(-c3ccccc3)c(C)c12. The molecule has 0 fully saturated rings. The number of fused-ring (bicyclic) bond motifs is 1. The molecule has 0 radical (unpaired) electrons. The van der Waals surface area contributed by atoms with Crippen molar-refractivity contribution in [1.29, 1.82) is 0 Å². The number of aryl methyl sites for hydroxylation is 2. The van der Waals surface area contributed by atoms with Gasteiger partial charge in [-0.1, -0.05) is 32.0 Å². The van der Waals surface area contributed by atoms with E-state index in [1.807, 2.05) is 44.2 Å². The van der Waals surface area contributed by atoms with Crippen molar-refractivity contribution in [2.24, 2.45) is 5.92 Å². The van der Waals surface area contributed by atoms with E-state index in [9.17, 15) is 9.59 Å². The first-order valence-electron chi connectivity index (χ1n) is 9.63. The van der Waals surface area contributed by atoms with Crippen molar-refractivity contribution >= 4 is 16.8 Å². The highest BCUT2D eigenvalue weighted by Gasteiger charge is 2.23. The van der Waals surface area contributed by atoms with Gasteiger partial charge in [0.15, 0.2) is 5.52 Å². The van der Waals surface area contributed by atoms with E-state index in [0.29, 0.717) is 23.7 Å². The van der Waals surface area contributed by atoms with Gasteiger partial charge in [-0.25, -0.2) is 9.36 Å². The second-order valence-electron chi connectivity index (χ2n) is 7.54. The molecular weight excluding hydrogens is 354 g/mol. The van der Waals surface area contributed by atoms with Gasteiger partial charge in [0.1, 0.15) is 6.04 Å². The van der Waals surface area contributed by atoms with Crippen molar-refractivity contribution in [2.75, 3.05) is 6.54 Å². The minimum Gasteiger partial charge on any atom is -0.354 e. The Hall–Kier alpha value is -2.96. The van der Waals surface area contributed by atoms with Crippen LogP contribution in [-0.2, 0) is 4.79 Å². The third-order valence-corrected chi connectivity index (χ3v) is 4.91. The summed E-state index contributed by atoms with van der Waals surface area (Å²) in [5.41, 5.74) is 2.38. The molecule has 2 heterocycles. The highest BCUT2D eigenvalue weighted by Crippen LogP contribution is 2.21. The number of nitrogens with zero attached hydrogens (tertiary/aromatic N) is 4. The van der Waals surface area contributed by atoms with Gasteiger partial charge in [-0.2, -0.15) is 10.2 Å². The summed E-state index contributed by atoms with van der Waals surface area (Å²) in [6.07, 6.45) is 0.888. The average Bonchev–Trinajstić information content (AvgIpc) is 3.02. The molecule has 0 bridgehead atoms. The summed E-state index contributed by atoms with van der Waals surface area (Å²) in [7, 11) is 0. The molecule has 0 saturated heterocycles. The van der Waals surface area contributed by atoms with Crippen molar-refractivity contribution < 1.29 is 4.79 Å². The van der Waals surface area contributed by atoms with Gasteiger partial charge in [0, 0.05) is 6.54 Å². The molecule has 0 spiro atoms. The summed E-state index contributed by atoms with van der Waals surface area (Å²) in [6.45, 7) is 10.2. The normalized spacial score (nSPS) is 12.5. The molecule has 1 aromatic carbocycles. The quantitative estimate of drug-likeness (QED) is 0.712. The minimum atomic E-state index is -0.704. The summed E-state index contributed by atoms with van der Waals surface area (Å²) >= 11 is 0. The van der Waals surface area contributed by atoms with Crippen molar-refractivity contribution in [3.8, 4) is 5.69 Å². The number of hydrogen-bond acceptors (Lipinski definition) is 4. The summed E-state index contributed by atoms with van der Waals surface area (Å²) in [5, 5.41) is 12.6. The van der Waals surface area contributed by atoms with E-state index < -0.39 is 6.04 Å². The molecule has 7 heteroatoms. The van der Waals surface area contributed by atoms with Crippen LogP contribution < -0.4 is 10.9 Å². The lowest BCUT2D eigenvalue weighted by Crippen LogP contribution is -2.38. The maximum absolute atomic E-state index is 13.1. The van der Waals surface area contributed by atoms with Crippen molar-refractivity contribution in [3.63, 3.8) is 0 Å².